The van der Waals surface area contributed by atoms with Crippen molar-refractivity contribution in [2.24, 2.45) is 5.92 Å². The fraction of sp³-hybridized carbons (Fsp3) is 0.923. The van der Waals surface area contributed by atoms with E-state index in [2.05, 4.69) is 19.2 Å². The predicted molar refractivity (Wildman–Crippen MR) is 68.9 cm³/mol. The average molecular weight is 242 g/mol. The Kier molecular flexibility index (Phi) is 5.92. The third kappa shape index (κ3) is 5.04. The van der Waals surface area contributed by atoms with Gasteiger partial charge < -0.3 is 15.0 Å². The van der Waals surface area contributed by atoms with Crippen LogP contribution in [0.15, 0.2) is 0 Å². The molecule has 1 aliphatic heterocycles. The highest BCUT2D eigenvalue weighted by Gasteiger charge is 2.24. The van der Waals surface area contributed by atoms with Gasteiger partial charge in [0.25, 0.3) is 0 Å². The standard InChI is InChI=1S/C13H26N2O2/c1-10(2)12-9-11(6-8-17-12)14-7-5-13(16)15(3)4/h10-12,14H,5-9H2,1-4H3. The third-order valence-corrected chi connectivity index (χ3v) is 3.33. The highest BCUT2D eigenvalue weighted by Crippen LogP contribution is 2.20. The van der Waals surface area contributed by atoms with Gasteiger partial charge in [0.05, 0.1) is 6.10 Å². The first-order valence-electron chi connectivity index (χ1n) is 6.56. The minimum atomic E-state index is 0.185. The van der Waals surface area contributed by atoms with E-state index in [9.17, 15) is 4.79 Å². The fourth-order valence-corrected chi connectivity index (χ4v) is 2.08. The molecule has 0 aromatic rings. The predicted octanol–water partition coefficient (Wildman–Crippen LogP) is 1.26. The quantitative estimate of drug-likeness (QED) is 0.789. The van der Waals surface area contributed by atoms with E-state index < -0.39 is 0 Å². The molecule has 0 bridgehead atoms. The lowest BCUT2D eigenvalue weighted by molar-refractivity contribution is -0.128. The van der Waals surface area contributed by atoms with Gasteiger partial charge in [0.15, 0.2) is 0 Å². The summed E-state index contributed by atoms with van der Waals surface area (Å²) >= 11 is 0. The van der Waals surface area contributed by atoms with Gasteiger partial charge in [-0.1, -0.05) is 13.8 Å². The van der Waals surface area contributed by atoms with E-state index in [0.717, 1.165) is 26.0 Å². The number of nitrogens with one attached hydrogen (secondary N) is 1. The van der Waals surface area contributed by atoms with E-state index in [-0.39, 0.29) is 5.91 Å². The maximum absolute atomic E-state index is 11.4. The summed E-state index contributed by atoms with van der Waals surface area (Å²) in [5, 5.41) is 3.46. The van der Waals surface area contributed by atoms with Gasteiger partial charge in [0, 0.05) is 39.7 Å². The van der Waals surface area contributed by atoms with Crippen molar-refractivity contribution in [3.63, 3.8) is 0 Å². The van der Waals surface area contributed by atoms with Gasteiger partial charge in [-0.2, -0.15) is 0 Å². The Bertz CT molecular complexity index is 242. The van der Waals surface area contributed by atoms with Crippen molar-refractivity contribution < 1.29 is 9.53 Å². The molecule has 100 valence electrons. The molecule has 17 heavy (non-hydrogen) atoms. The van der Waals surface area contributed by atoms with Crippen LogP contribution in [0.4, 0.5) is 0 Å². The summed E-state index contributed by atoms with van der Waals surface area (Å²) in [5.41, 5.74) is 0. The number of ether oxygens (including phenoxy) is 1. The zero-order valence-electron chi connectivity index (χ0n) is 11.5. The first-order valence-corrected chi connectivity index (χ1v) is 6.56. The van der Waals surface area contributed by atoms with Crippen LogP contribution in [0, 0.1) is 5.92 Å². The molecule has 0 aliphatic carbocycles. The number of rotatable bonds is 5. The molecule has 1 aliphatic rings. The first kappa shape index (κ1) is 14.5. The summed E-state index contributed by atoms with van der Waals surface area (Å²) < 4.78 is 5.72. The second-order valence-electron chi connectivity index (χ2n) is 5.37. The molecule has 1 heterocycles. The highest BCUT2D eigenvalue weighted by molar-refractivity contribution is 5.75. The zero-order chi connectivity index (χ0) is 12.8. The second kappa shape index (κ2) is 6.97. The SMILES string of the molecule is CC(C)C1CC(NCCC(=O)N(C)C)CCO1. The Hall–Kier alpha value is -0.610. The van der Waals surface area contributed by atoms with Crippen LogP contribution in [-0.4, -0.2) is 50.2 Å². The molecule has 0 radical (unpaired) electrons. The van der Waals surface area contributed by atoms with Crippen molar-refractivity contribution in [1.82, 2.24) is 10.2 Å². The van der Waals surface area contributed by atoms with Gasteiger partial charge in [0.2, 0.25) is 5.91 Å². The number of hydrogen-bond acceptors (Lipinski definition) is 3. The Morgan fingerprint density at radius 3 is 2.76 bits per heavy atom. The van der Waals surface area contributed by atoms with Gasteiger partial charge >= 0.3 is 0 Å². The Morgan fingerprint density at radius 1 is 1.47 bits per heavy atom. The monoisotopic (exact) mass is 242 g/mol. The van der Waals surface area contributed by atoms with Gasteiger partial charge in [-0.3, -0.25) is 4.79 Å². The smallest absolute Gasteiger partial charge is 0.223 e. The second-order valence-corrected chi connectivity index (χ2v) is 5.37. The minimum absolute atomic E-state index is 0.185. The van der Waals surface area contributed by atoms with E-state index in [1.54, 1.807) is 19.0 Å². The van der Waals surface area contributed by atoms with Crippen LogP contribution in [0.3, 0.4) is 0 Å². The molecule has 0 saturated carbocycles. The van der Waals surface area contributed by atoms with Crippen LogP contribution in [0.25, 0.3) is 0 Å². The Morgan fingerprint density at radius 2 is 2.18 bits per heavy atom. The van der Waals surface area contributed by atoms with Crippen LogP contribution in [0.5, 0.6) is 0 Å². The van der Waals surface area contributed by atoms with Crippen LogP contribution in [0.1, 0.15) is 33.1 Å². The number of nitrogens with zero attached hydrogens (tertiary/aromatic N) is 1. The van der Waals surface area contributed by atoms with Crippen LogP contribution in [0.2, 0.25) is 0 Å². The van der Waals surface area contributed by atoms with E-state index in [0.29, 0.717) is 24.5 Å². The molecule has 1 fully saturated rings. The summed E-state index contributed by atoms with van der Waals surface area (Å²) in [6, 6.07) is 0.506. The van der Waals surface area contributed by atoms with E-state index in [4.69, 9.17) is 4.74 Å². The molecular weight excluding hydrogens is 216 g/mol. The molecule has 0 aromatic carbocycles. The number of amides is 1. The first-order chi connectivity index (χ1) is 8.00. The van der Waals surface area contributed by atoms with Crippen LogP contribution in [-0.2, 0) is 9.53 Å². The van der Waals surface area contributed by atoms with Gasteiger partial charge in [-0.05, 0) is 18.8 Å². The summed E-state index contributed by atoms with van der Waals surface area (Å²) in [4.78, 5) is 13.1. The summed E-state index contributed by atoms with van der Waals surface area (Å²) in [6.45, 7) is 6.00. The Labute approximate surface area is 105 Å². The summed E-state index contributed by atoms with van der Waals surface area (Å²) in [6.07, 6.45) is 3.06. The van der Waals surface area contributed by atoms with E-state index >= 15 is 0 Å². The number of carbonyl (C=O) groups excluding carboxylic acids is 1. The van der Waals surface area contributed by atoms with Crippen molar-refractivity contribution in [3.8, 4) is 0 Å². The minimum Gasteiger partial charge on any atom is -0.378 e. The average Bonchev–Trinajstić information content (AvgIpc) is 2.29. The lowest BCUT2D eigenvalue weighted by Gasteiger charge is -2.32. The van der Waals surface area contributed by atoms with Gasteiger partial charge in [0.1, 0.15) is 0 Å². The van der Waals surface area contributed by atoms with E-state index in [1.807, 2.05) is 0 Å². The zero-order valence-corrected chi connectivity index (χ0v) is 11.5. The molecule has 2 unspecified atom stereocenters. The molecule has 4 heteroatoms. The van der Waals surface area contributed by atoms with Crippen molar-refractivity contribution in [2.45, 2.75) is 45.3 Å². The fourth-order valence-electron chi connectivity index (χ4n) is 2.08. The summed E-state index contributed by atoms with van der Waals surface area (Å²) in [5.74, 6) is 0.757. The molecular formula is C13H26N2O2. The molecule has 0 aromatic heterocycles. The van der Waals surface area contributed by atoms with Crippen molar-refractivity contribution in [3.05, 3.63) is 0 Å². The topological polar surface area (TPSA) is 41.6 Å². The molecule has 1 amide bonds. The molecule has 0 spiro atoms. The third-order valence-electron chi connectivity index (χ3n) is 3.33. The number of carbonyl (C=O) groups is 1. The van der Waals surface area contributed by atoms with Crippen molar-refractivity contribution in [2.75, 3.05) is 27.2 Å². The Balaban J connectivity index is 2.21. The summed E-state index contributed by atoms with van der Waals surface area (Å²) in [7, 11) is 3.59. The molecule has 1 N–H and O–H groups in total. The lowest BCUT2D eigenvalue weighted by atomic mass is 9.95. The lowest BCUT2D eigenvalue weighted by Crippen LogP contribution is -2.42. The maximum atomic E-state index is 11.4. The molecule has 4 nitrogen and oxygen atoms in total. The van der Waals surface area contributed by atoms with E-state index in [1.165, 1.54) is 0 Å². The number of hydrogen-bond donors (Lipinski definition) is 1. The van der Waals surface area contributed by atoms with Crippen molar-refractivity contribution >= 4 is 5.91 Å². The molecule has 1 saturated heterocycles. The molecule has 2 atom stereocenters. The molecule has 1 rings (SSSR count). The normalized spacial score (nSPS) is 25.0. The maximum Gasteiger partial charge on any atom is 0.223 e. The van der Waals surface area contributed by atoms with Crippen molar-refractivity contribution in [1.29, 1.82) is 0 Å². The largest absolute Gasteiger partial charge is 0.378 e. The van der Waals surface area contributed by atoms with Crippen LogP contribution < -0.4 is 5.32 Å². The van der Waals surface area contributed by atoms with Gasteiger partial charge in [-0.15, -0.1) is 0 Å². The van der Waals surface area contributed by atoms with Gasteiger partial charge in [-0.25, -0.2) is 0 Å². The highest BCUT2D eigenvalue weighted by atomic mass is 16.5. The van der Waals surface area contributed by atoms with Crippen LogP contribution >= 0.6 is 0 Å².